The van der Waals surface area contributed by atoms with Crippen LogP contribution in [0.2, 0.25) is 0 Å². The van der Waals surface area contributed by atoms with Crippen LogP contribution in [0.1, 0.15) is 85.0 Å². The first-order valence-electron chi connectivity index (χ1n) is 10.1. The Kier molecular flexibility index (Phi) is 7.21. The highest BCUT2D eigenvalue weighted by Gasteiger charge is 2.41. The summed E-state index contributed by atoms with van der Waals surface area (Å²) in [5.41, 5.74) is 6.46. The Morgan fingerprint density at radius 2 is 1.68 bits per heavy atom. The summed E-state index contributed by atoms with van der Waals surface area (Å²) >= 11 is 0. The van der Waals surface area contributed by atoms with Crippen LogP contribution in [0, 0.1) is 23.7 Å². The third kappa shape index (κ3) is 4.96. The first-order chi connectivity index (χ1) is 10.6. The molecule has 0 spiro atoms. The van der Waals surface area contributed by atoms with Gasteiger partial charge in [-0.1, -0.05) is 40.0 Å². The van der Waals surface area contributed by atoms with E-state index in [1.165, 1.54) is 77.3 Å². The van der Waals surface area contributed by atoms with Crippen molar-refractivity contribution in [1.29, 1.82) is 0 Å². The third-order valence-corrected chi connectivity index (χ3v) is 6.40. The highest BCUT2D eigenvalue weighted by Crippen LogP contribution is 2.45. The summed E-state index contributed by atoms with van der Waals surface area (Å²) in [6.45, 7) is 8.94. The molecule has 1 aliphatic heterocycles. The molecule has 1 saturated heterocycles. The lowest BCUT2D eigenvalue weighted by Gasteiger charge is -2.35. The predicted molar refractivity (Wildman–Crippen MR) is 96.9 cm³/mol. The fraction of sp³-hybridized carbons (Fsp3) is 1.00. The van der Waals surface area contributed by atoms with Crippen LogP contribution < -0.4 is 11.1 Å². The summed E-state index contributed by atoms with van der Waals surface area (Å²) in [5, 5.41) is 3.48. The molecular weight excluding hydrogens is 268 g/mol. The van der Waals surface area contributed by atoms with E-state index in [4.69, 9.17) is 5.73 Å². The van der Waals surface area contributed by atoms with Crippen LogP contribution in [-0.4, -0.2) is 18.6 Å². The fourth-order valence-corrected chi connectivity index (χ4v) is 5.51. The Labute approximate surface area is 139 Å². The second-order valence-electron chi connectivity index (χ2n) is 8.31. The van der Waals surface area contributed by atoms with Gasteiger partial charge in [0.15, 0.2) is 0 Å². The van der Waals surface area contributed by atoms with E-state index in [2.05, 4.69) is 12.2 Å². The molecule has 3 aliphatic carbocycles. The van der Waals surface area contributed by atoms with Crippen molar-refractivity contribution in [3.63, 3.8) is 0 Å². The normalized spacial score (nSPS) is 43.1. The molecule has 130 valence electrons. The van der Waals surface area contributed by atoms with Crippen molar-refractivity contribution in [2.45, 2.75) is 90.5 Å². The van der Waals surface area contributed by atoms with Crippen LogP contribution in [0.3, 0.4) is 0 Å². The summed E-state index contributed by atoms with van der Waals surface area (Å²) in [6.07, 6.45) is 14.2. The molecular formula is C20H40N2. The highest BCUT2D eigenvalue weighted by molar-refractivity contribution is 4.98. The molecule has 2 nitrogen and oxygen atoms in total. The van der Waals surface area contributed by atoms with Gasteiger partial charge in [0.25, 0.3) is 0 Å². The maximum absolute atomic E-state index is 6.19. The average molecular weight is 309 g/mol. The van der Waals surface area contributed by atoms with Crippen LogP contribution in [0.25, 0.3) is 0 Å². The van der Waals surface area contributed by atoms with Crippen LogP contribution >= 0.6 is 0 Å². The van der Waals surface area contributed by atoms with E-state index in [0.29, 0.717) is 0 Å². The van der Waals surface area contributed by atoms with Gasteiger partial charge in [-0.2, -0.15) is 0 Å². The van der Waals surface area contributed by atoms with Gasteiger partial charge < -0.3 is 11.1 Å². The first-order valence-corrected chi connectivity index (χ1v) is 10.1. The summed E-state index contributed by atoms with van der Waals surface area (Å²) in [6, 6.07) is 0. The molecule has 0 aromatic rings. The maximum Gasteiger partial charge on any atom is 0.0159 e. The SMILES string of the molecule is C1CCC2CNCCC2C1.CC.CC1CC2CCC(N)(C1)C2. The van der Waals surface area contributed by atoms with Gasteiger partial charge in [-0.05, 0) is 81.7 Å². The van der Waals surface area contributed by atoms with Crippen LogP contribution in [0.15, 0.2) is 0 Å². The molecule has 5 atom stereocenters. The molecule has 22 heavy (non-hydrogen) atoms. The molecule has 2 bridgehead atoms. The topological polar surface area (TPSA) is 38.0 Å². The number of rotatable bonds is 0. The highest BCUT2D eigenvalue weighted by atomic mass is 14.9. The van der Waals surface area contributed by atoms with Crippen molar-refractivity contribution in [3.05, 3.63) is 0 Å². The van der Waals surface area contributed by atoms with Gasteiger partial charge in [-0.25, -0.2) is 0 Å². The molecule has 0 radical (unpaired) electrons. The number of nitrogens with two attached hydrogens (primary N) is 1. The number of nitrogens with one attached hydrogen (secondary N) is 1. The Balaban J connectivity index is 0.000000144. The minimum Gasteiger partial charge on any atom is -0.325 e. The Morgan fingerprint density at radius 3 is 2.36 bits per heavy atom. The first kappa shape index (κ1) is 18.3. The van der Waals surface area contributed by atoms with Gasteiger partial charge in [-0.3, -0.25) is 0 Å². The van der Waals surface area contributed by atoms with E-state index in [9.17, 15) is 0 Å². The van der Waals surface area contributed by atoms with Gasteiger partial charge in [0, 0.05) is 5.54 Å². The quantitative estimate of drug-likeness (QED) is 0.679. The zero-order valence-corrected chi connectivity index (χ0v) is 15.4. The lowest BCUT2D eigenvalue weighted by Crippen LogP contribution is -2.41. The van der Waals surface area contributed by atoms with E-state index < -0.39 is 0 Å². The van der Waals surface area contributed by atoms with Crippen molar-refractivity contribution in [2.75, 3.05) is 13.1 Å². The molecule has 3 N–H and O–H groups in total. The smallest absolute Gasteiger partial charge is 0.0159 e. The van der Waals surface area contributed by atoms with Crippen LogP contribution in [0.4, 0.5) is 0 Å². The summed E-state index contributed by atoms with van der Waals surface area (Å²) in [5.74, 6) is 4.01. The Morgan fingerprint density at radius 1 is 0.955 bits per heavy atom. The largest absolute Gasteiger partial charge is 0.325 e. The standard InChI is InChI=1S/2C9H17N.C2H6/c1-7-4-8-2-3-9(10,5-7)6-8;1-2-4-9-7-10-6-5-8(9)3-1;1-2/h7-8H,2-6,10H2,1H3;8-10H,1-7H2;1-2H3. The molecule has 0 aromatic carbocycles. The Bertz CT molecular complexity index is 291. The minimum atomic E-state index is 0.266. The van der Waals surface area contributed by atoms with Gasteiger partial charge in [0.05, 0.1) is 0 Å². The predicted octanol–water partition coefficient (Wildman–Crippen LogP) is 4.73. The van der Waals surface area contributed by atoms with E-state index >= 15 is 0 Å². The van der Waals surface area contributed by atoms with Crippen molar-refractivity contribution < 1.29 is 0 Å². The fourth-order valence-electron chi connectivity index (χ4n) is 5.51. The minimum absolute atomic E-state index is 0.266. The molecule has 0 aromatic heterocycles. The zero-order chi connectivity index (χ0) is 16.0. The molecule has 5 unspecified atom stereocenters. The van der Waals surface area contributed by atoms with E-state index in [-0.39, 0.29) is 5.54 Å². The summed E-state index contributed by atoms with van der Waals surface area (Å²) in [7, 11) is 0. The molecule has 4 fully saturated rings. The van der Waals surface area contributed by atoms with Crippen LogP contribution in [0.5, 0.6) is 0 Å². The number of fused-ring (bicyclic) bond motifs is 3. The van der Waals surface area contributed by atoms with Crippen molar-refractivity contribution in [2.24, 2.45) is 29.4 Å². The van der Waals surface area contributed by atoms with Crippen molar-refractivity contribution in [3.8, 4) is 0 Å². The molecule has 1 heterocycles. The van der Waals surface area contributed by atoms with E-state index in [1.54, 1.807) is 0 Å². The average Bonchev–Trinajstić information content (AvgIpc) is 2.83. The molecule has 4 aliphatic rings. The summed E-state index contributed by atoms with van der Waals surface area (Å²) in [4.78, 5) is 0. The van der Waals surface area contributed by atoms with Crippen LogP contribution in [-0.2, 0) is 0 Å². The Hall–Kier alpha value is -0.0800. The lowest BCUT2D eigenvalue weighted by atomic mass is 9.76. The van der Waals surface area contributed by atoms with Gasteiger partial charge in [-0.15, -0.1) is 0 Å². The molecule has 0 amide bonds. The lowest BCUT2D eigenvalue weighted by molar-refractivity contribution is 0.185. The second-order valence-corrected chi connectivity index (χ2v) is 8.31. The second kappa shape index (κ2) is 8.68. The number of piperidine rings is 1. The molecule has 4 rings (SSSR count). The maximum atomic E-state index is 6.19. The molecule has 3 saturated carbocycles. The van der Waals surface area contributed by atoms with Gasteiger partial charge in [0.2, 0.25) is 0 Å². The van der Waals surface area contributed by atoms with Gasteiger partial charge >= 0.3 is 0 Å². The van der Waals surface area contributed by atoms with Crippen molar-refractivity contribution >= 4 is 0 Å². The zero-order valence-electron chi connectivity index (χ0n) is 15.4. The van der Waals surface area contributed by atoms with E-state index in [0.717, 1.165) is 23.7 Å². The van der Waals surface area contributed by atoms with E-state index in [1.807, 2.05) is 13.8 Å². The molecule has 2 heteroatoms. The number of hydrogen-bond acceptors (Lipinski definition) is 2. The third-order valence-electron chi connectivity index (χ3n) is 6.40. The monoisotopic (exact) mass is 308 g/mol. The number of hydrogen-bond donors (Lipinski definition) is 2. The van der Waals surface area contributed by atoms with Crippen molar-refractivity contribution in [1.82, 2.24) is 5.32 Å². The van der Waals surface area contributed by atoms with Gasteiger partial charge in [0.1, 0.15) is 0 Å². The summed E-state index contributed by atoms with van der Waals surface area (Å²) < 4.78 is 0.